The van der Waals surface area contributed by atoms with E-state index in [-0.39, 0.29) is 0 Å². The molecule has 0 fully saturated rings. The number of hydrogen-bond acceptors (Lipinski definition) is 3. The molecule has 20 heavy (non-hydrogen) atoms. The molecule has 0 aliphatic rings. The Kier molecular flexibility index (Phi) is 3.35. The molecule has 0 atom stereocenters. The molecular weight excluding hydrogens is 274 g/mol. The molecule has 0 unspecified atom stereocenters. The van der Waals surface area contributed by atoms with Crippen molar-refractivity contribution in [1.29, 1.82) is 0 Å². The molecule has 0 saturated heterocycles. The van der Waals surface area contributed by atoms with Crippen LogP contribution in [0, 0.1) is 0 Å². The molecule has 0 aliphatic carbocycles. The number of halogens is 1. The van der Waals surface area contributed by atoms with Gasteiger partial charge in [-0.05, 0) is 29.8 Å². The molecule has 3 rings (SSSR count). The average molecular weight is 284 g/mol. The van der Waals surface area contributed by atoms with Crippen LogP contribution in [-0.4, -0.2) is 10.2 Å². The maximum absolute atomic E-state index is 11.5. The van der Waals surface area contributed by atoms with Crippen LogP contribution in [-0.2, 0) is 0 Å². The minimum atomic E-state index is -0.526. The summed E-state index contributed by atoms with van der Waals surface area (Å²) < 4.78 is 5.66. The number of aromatic nitrogens is 1. The van der Waals surface area contributed by atoms with Crippen molar-refractivity contribution in [1.82, 2.24) is 4.98 Å². The van der Waals surface area contributed by atoms with E-state index in [4.69, 9.17) is 16.3 Å². The second kappa shape index (κ2) is 5.31. The van der Waals surface area contributed by atoms with Crippen LogP contribution in [0.1, 0.15) is 10.4 Å². The SMILES string of the molecule is O=C(Cl)c1cc(Oc2ccccc2)nc2ccccc12. The molecule has 0 radical (unpaired) electrons. The highest BCUT2D eigenvalue weighted by atomic mass is 35.5. The number of para-hydroxylation sites is 2. The maximum Gasteiger partial charge on any atom is 0.253 e. The van der Waals surface area contributed by atoms with Crippen LogP contribution in [0.5, 0.6) is 11.6 Å². The number of carbonyl (C=O) groups is 1. The first kappa shape index (κ1) is 12.6. The number of fused-ring (bicyclic) bond motifs is 1. The second-order valence-electron chi connectivity index (χ2n) is 4.21. The first-order valence-corrected chi connectivity index (χ1v) is 6.44. The van der Waals surface area contributed by atoms with Gasteiger partial charge in [0, 0.05) is 17.0 Å². The van der Waals surface area contributed by atoms with Crippen LogP contribution in [0.4, 0.5) is 0 Å². The Morgan fingerprint density at radius 3 is 2.45 bits per heavy atom. The lowest BCUT2D eigenvalue weighted by Gasteiger charge is -2.08. The molecule has 3 nitrogen and oxygen atoms in total. The normalized spacial score (nSPS) is 10.4. The summed E-state index contributed by atoms with van der Waals surface area (Å²) in [6, 6.07) is 18.1. The molecule has 98 valence electrons. The van der Waals surface area contributed by atoms with Crippen molar-refractivity contribution in [3.63, 3.8) is 0 Å². The Hall–Kier alpha value is -2.39. The standard InChI is InChI=1S/C16H10ClNO2/c17-16(19)13-10-15(20-11-6-2-1-3-7-11)18-14-9-5-4-8-12(13)14/h1-10H. The van der Waals surface area contributed by atoms with Gasteiger partial charge in [0.15, 0.2) is 0 Å². The molecule has 3 aromatic rings. The van der Waals surface area contributed by atoms with Crippen molar-refractivity contribution in [3.05, 3.63) is 66.2 Å². The van der Waals surface area contributed by atoms with Gasteiger partial charge >= 0.3 is 0 Å². The fourth-order valence-electron chi connectivity index (χ4n) is 1.98. The molecule has 0 spiro atoms. The lowest BCUT2D eigenvalue weighted by atomic mass is 10.1. The van der Waals surface area contributed by atoms with E-state index in [9.17, 15) is 4.79 Å². The number of benzene rings is 2. The Bertz CT molecular complexity index is 772. The number of hydrogen-bond donors (Lipinski definition) is 0. The highest BCUT2D eigenvalue weighted by Crippen LogP contribution is 2.26. The number of rotatable bonds is 3. The molecule has 1 aromatic heterocycles. The van der Waals surface area contributed by atoms with Crippen LogP contribution in [0.25, 0.3) is 10.9 Å². The predicted octanol–water partition coefficient (Wildman–Crippen LogP) is 4.41. The van der Waals surface area contributed by atoms with E-state index < -0.39 is 5.24 Å². The van der Waals surface area contributed by atoms with E-state index in [1.165, 1.54) is 0 Å². The van der Waals surface area contributed by atoms with Crippen LogP contribution >= 0.6 is 11.6 Å². The van der Waals surface area contributed by atoms with Crippen molar-refractivity contribution in [2.45, 2.75) is 0 Å². The monoisotopic (exact) mass is 283 g/mol. The van der Waals surface area contributed by atoms with Gasteiger partial charge in [-0.15, -0.1) is 0 Å². The summed E-state index contributed by atoms with van der Waals surface area (Å²) in [5.74, 6) is 1.00. The van der Waals surface area contributed by atoms with E-state index in [0.29, 0.717) is 28.1 Å². The fourth-order valence-corrected chi connectivity index (χ4v) is 2.13. The van der Waals surface area contributed by atoms with Crippen LogP contribution in [0.2, 0.25) is 0 Å². The molecule has 2 aromatic carbocycles. The number of ether oxygens (including phenoxy) is 1. The topological polar surface area (TPSA) is 39.2 Å². The largest absolute Gasteiger partial charge is 0.439 e. The molecule has 1 heterocycles. The third-order valence-electron chi connectivity index (χ3n) is 2.87. The van der Waals surface area contributed by atoms with Gasteiger partial charge in [-0.1, -0.05) is 36.4 Å². The summed E-state index contributed by atoms with van der Waals surface area (Å²) in [6.45, 7) is 0. The maximum atomic E-state index is 11.5. The number of nitrogens with zero attached hydrogens (tertiary/aromatic N) is 1. The van der Waals surface area contributed by atoms with Gasteiger partial charge in [-0.25, -0.2) is 4.98 Å². The second-order valence-corrected chi connectivity index (χ2v) is 4.56. The van der Waals surface area contributed by atoms with Gasteiger partial charge in [-0.3, -0.25) is 4.79 Å². The summed E-state index contributed by atoms with van der Waals surface area (Å²) >= 11 is 5.63. The third-order valence-corrected chi connectivity index (χ3v) is 3.07. The van der Waals surface area contributed by atoms with Crippen molar-refractivity contribution in [2.24, 2.45) is 0 Å². The Balaban J connectivity index is 2.10. The molecule has 0 amide bonds. The first-order valence-electron chi connectivity index (χ1n) is 6.06. The number of pyridine rings is 1. The van der Waals surface area contributed by atoms with Crippen molar-refractivity contribution >= 4 is 27.7 Å². The summed E-state index contributed by atoms with van der Waals surface area (Å²) in [5.41, 5.74) is 1.06. The third kappa shape index (κ3) is 2.49. The molecule has 0 N–H and O–H groups in total. The van der Waals surface area contributed by atoms with Gasteiger partial charge in [0.1, 0.15) is 5.75 Å². The highest BCUT2D eigenvalue weighted by molar-refractivity contribution is 6.68. The summed E-state index contributed by atoms with van der Waals surface area (Å²) in [5, 5.41) is 0.189. The Morgan fingerprint density at radius 1 is 1.00 bits per heavy atom. The summed E-state index contributed by atoms with van der Waals surface area (Å²) in [7, 11) is 0. The quantitative estimate of drug-likeness (QED) is 0.669. The molecule has 0 bridgehead atoms. The van der Waals surface area contributed by atoms with Crippen LogP contribution in [0.3, 0.4) is 0 Å². The van der Waals surface area contributed by atoms with E-state index in [1.807, 2.05) is 54.6 Å². The van der Waals surface area contributed by atoms with Gasteiger partial charge in [0.2, 0.25) is 5.88 Å². The van der Waals surface area contributed by atoms with Crippen molar-refractivity contribution < 1.29 is 9.53 Å². The zero-order valence-electron chi connectivity index (χ0n) is 10.4. The van der Waals surface area contributed by atoms with Crippen molar-refractivity contribution in [2.75, 3.05) is 0 Å². The molecule has 0 aliphatic heterocycles. The molecule has 0 saturated carbocycles. The highest BCUT2D eigenvalue weighted by Gasteiger charge is 2.11. The van der Waals surface area contributed by atoms with E-state index in [0.717, 1.165) is 0 Å². The van der Waals surface area contributed by atoms with Crippen LogP contribution < -0.4 is 4.74 Å². The van der Waals surface area contributed by atoms with E-state index >= 15 is 0 Å². The number of carbonyl (C=O) groups excluding carboxylic acids is 1. The zero-order chi connectivity index (χ0) is 13.9. The first-order chi connectivity index (χ1) is 9.74. The summed E-state index contributed by atoms with van der Waals surface area (Å²) in [6.07, 6.45) is 0. The summed E-state index contributed by atoms with van der Waals surface area (Å²) in [4.78, 5) is 15.9. The molecule has 4 heteroatoms. The zero-order valence-corrected chi connectivity index (χ0v) is 11.2. The smallest absolute Gasteiger partial charge is 0.253 e. The Morgan fingerprint density at radius 2 is 1.70 bits per heavy atom. The predicted molar refractivity (Wildman–Crippen MR) is 78.4 cm³/mol. The van der Waals surface area contributed by atoms with Gasteiger partial charge in [0.05, 0.1) is 5.52 Å². The van der Waals surface area contributed by atoms with Gasteiger partial charge in [0.25, 0.3) is 5.24 Å². The lowest BCUT2D eigenvalue weighted by molar-refractivity contribution is 0.108. The molecular formula is C16H10ClNO2. The van der Waals surface area contributed by atoms with Gasteiger partial charge in [-0.2, -0.15) is 0 Å². The van der Waals surface area contributed by atoms with Crippen LogP contribution in [0.15, 0.2) is 60.7 Å². The van der Waals surface area contributed by atoms with E-state index in [1.54, 1.807) is 6.07 Å². The van der Waals surface area contributed by atoms with Crippen molar-refractivity contribution in [3.8, 4) is 11.6 Å². The average Bonchev–Trinajstić information content (AvgIpc) is 2.47. The minimum Gasteiger partial charge on any atom is -0.439 e. The minimum absolute atomic E-state index is 0.346. The Labute approximate surface area is 120 Å². The van der Waals surface area contributed by atoms with E-state index in [2.05, 4.69) is 4.98 Å². The lowest BCUT2D eigenvalue weighted by Crippen LogP contribution is -1.96. The van der Waals surface area contributed by atoms with Gasteiger partial charge < -0.3 is 4.74 Å². The fraction of sp³-hybridized carbons (Fsp3) is 0.